The number of hydrogen-bond donors (Lipinski definition) is 0. The van der Waals surface area contributed by atoms with Gasteiger partial charge in [0, 0.05) is 5.54 Å². The van der Waals surface area contributed by atoms with Gasteiger partial charge in [0.1, 0.15) is 5.78 Å². The predicted octanol–water partition coefficient (Wildman–Crippen LogP) is 5.30. The highest BCUT2D eigenvalue weighted by Gasteiger charge is 2.35. The first-order valence-electron chi connectivity index (χ1n) is 6.69. The van der Waals surface area contributed by atoms with E-state index in [0.29, 0.717) is 16.7 Å². The van der Waals surface area contributed by atoms with Crippen molar-refractivity contribution in [2.24, 2.45) is 5.41 Å². The first-order chi connectivity index (χ1) is 7.51. The average molecular weight is 368 g/mol. The number of halogens is 1. The molecule has 0 aliphatic rings. The van der Waals surface area contributed by atoms with Gasteiger partial charge in [0.05, 0.1) is 12.0 Å². The van der Waals surface area contributed by atoms with Crippen LogP contribution in [0.3, 0.4) is 0 Å². The van der Waals surface area contributed by atoms with Gasteiger partial charge in [0.2, 0.25) is 0 Å². The Morgan fingerprint density at radius 1 is 1.29 bits per heavy atom. The van der Waals surface area contributed by atoms with Crippen LogP contribution in [0, 0.1) is 5.41 Å². The number of ketones is 1. The maximum absolute atomic E-state index is 12.3. The minimum absolute atomic E-state index is 0.212. The summed E-state index contributed by atoms with van der Waals surface area (Å²) in [7, 11) is -1.41. The molecule has 0 fully saturated rings. The van der Waals surface area contributed by atoms with E-state index in [9.17, 15) is 4.79 Å². The molecule has 0 spiro atoms. The third kappa shape index (κ3) is 6.37. The molecular formula is C14H29IOSi. The third-order valence-corrected chi connectivity index (χ3v) is 9.45. The van der Waals surface area contributed by atoms with Crippen LogP contribution in [-0.2, 0) is 4.79 Å². The fourth-order valence-electron chi connectivity index (χ4n) is 1.77. The molecule has 0 N–H and O–H groups in total. The van der Waals surface area contributed by atoms with Gasteiger partial charge < -0.3 is 0 Å². The van der Waals surface area contributed by atoms with Crippen LogP contribution in [0.5, 0.6) is 0 Å². The molecule has 0 unspecified atom stereocenters. The molecule has 0 radical (unpaired) electrons. The maximum atomic E-state index is 12.3. The topological polar surface area (TPSA) is 17.1 Å². The Morgan fingerprint density at radius 2 is 1.76 bits per heavy atom. The number of rotatable bonds is 6. The van der Waals surface area contributed by atoms with E-state index in [0.717, 1.165) is 6.42 Å². The molecule has 2 atom stereocenters. The zero-order valence-corrected chi connectivity index (χ0v) is 15.7. The van der Waals surface area contributed by atoms with E-state index in [2.05, 4.69) is 70.3 Å². The van der Waals surface area contributed by atoms with E-state index in [4.69, 9.17) is 0 Å². The molecule has 0 heterocycles. The lowest BCUT2D eigenvalue weighted by atomic mass is 9.94. The third-order valence-electron chi connectivity index (χ3n) is 3.79. The van der Waals surface area contributed by atoms with E-state index in [-0.39, 0.29) is 3.92 Å². The van der Waals surface area contributed by atoms with Crippen LogP contribution in [0.2, 0.25) is 24.7 Å². The van der Waals surface area contributed by atoms with Crippen LogP contribution in [0.1, 0.15) is 47.5 Å². The first-order valence-corrected chi connectivity index (χ1v) is 11.2. The van der Waals surface area contributed by atoms with Crippen molar-refractivity contribution in [2.75, 3.05) is 0 Å². The predicted molar refractivity (Wildman–Crippen MR) is 88.9 cm³/mol. The number of Topliss-reactive ketones (excluding diaryl/α,β-unsaturated/α-hetero) is 1. The van der Waals surface area contributed by atoms with Crippen molar-refractivity contribution in [3.05, 3.63) is 0 Å². The maximum Gasteiger partial charge on any atom is 0.145 e. The van der Waals surface area contributed by atoms with Gasteiger partial charge in [-0.2, -0.15) is 0 Å². The monoisotopic (exact) mass is 368 g/mol. The van der Waals surface area contributed by atoms with Crippen molar-refractivity contribution in [1.29, 1.82) is 0 Å². The zero-order chi connectivity index (χ0) is 13.9. The summed E-state index contributed by atoms with van der Waals surface area (Å²) >= 11 is 2.30. The summed E-state index contributed by atoms with van der Waals surface area (Å²) in [6, 6.07) is 1.26. The minimum atomic E-state index is -1.41. The fourth-order valence-corrected chi connectivity index (χ4v) is 5.45. The molecule has 0 aromatic rings. The van der Waals surface area contributed by atoms with Gasteiger partial charge in [0.15, 0.2) is 0 Å². The molecule has 0 aliphatic carbocycles. The summed E-state index contributed by atoms with van der Waals surface area (Å²) in [5.41, 5.74) is 0.688. The highest BCUT2D eigenvalue weighted by molar-refractivity contribution is 14.1. The summed E-state index contributed by atoms with van der Waals surface area (Å²) in [6.07, 6.45) is 2.20. The van der Waals surface area contributed by atoms with Gasteiger partial charge in [0.25, 0.3) is 0 Å². The second-order valence-corrected chi connectivity index (χ2v) is 13.9. The summed E-state index contributed by atoms with van der Waals surface area (Å²) in [5, 5.41) is 0. The fraction of sp³-hybridized carbons (Fsp3) is 0.929. The summed E-state index contributed by atoms with van der Waals surface area (Å²) in [6.45, 7) is 15.9. The Hall–Kier alpha value is 0.617. The lowest BCUT2D eigenvalue weighted by Gasteiger charge is -2.32. The van der Waals surface area contributed by atoms with Gasteiger partial charge in [-0.15, -0.1) is 0 Å². The quantitative estimate of drug-likeness (QED) is 0.353. The number of carbonyl (C=O) groups excluding carboxylic acids is 1. The van der Waals surface area contributed by atoms with E-state index in [1.807, 2.05) is 0 Å². The van der Waals surface area contributed by atoms with Gasteiger partial charge in [-0.1, -0.05) is 82.8 Å². The standard InChI is InChI=1S/C14H29IOSi/c1-8-12(15)13(16)11(2)17(6,7)10-9-14(3,4)5/h11-12H,8-10H2,1-7H3/t11-,12-/m0/s1. The molecule has 0 aromatic heterocycles. The van der Waals surface area contributed by atoms with Crippen LogP contribution < -0.4 is 0 Å². The number of alkyl halides is 1. The summed E-state index contributed by atoms with van der Waals surface area (Å²) in [5.74, 6) is 0.485. The molecule has 0 aromatic carbocycles. The molecule has 0 saturated carbocycles. The van der Waals surface area contributed by atoms with Crippen LogP contribution in [0.15, 0.2) is 0 Å². The van der Waals surface area contributed by atoms with Crippen molar-refractivity contribution in [3.63, 3.8) is 0 Å². The van der Waals surface area contributed by atoms with Crippen LogP contribution in [-0.4, -0.2) is 17.8 Å². The summed E-state index contributed by atoms with van der Waals surface area (Å²) in [4.78, 5) is 12.3. The SMILES string of the molecule is CC[C@H](I)C(=O)[C@H](C)[Si](C)(C)CCC(C)(C)C. The number of carbonyl (C=O) groups is 1. The van der Waals surface area contributed by atoms with Crippen molar-refractivity contribution in [1.82, 2.24) is 0 Å². The normalized spacial score (nSPS) is 16.7. The Morgan fingerprint density at radius 3 is 2.12 bits per heavy atom. The van der Waals surface area contributed by atoms with E-state index >= 15 is 0 Å². The molecule has 0 saturated heterocycles. The Bertz CT molecular complexity index is 255. The van der Waals surface area contributed by atoms with Crippen LogP contribution in [0.4, 0.5) is 0 Å². The largest absolute Gasteiger partial charge is 0.299 e. The average Bonchev–Trinajstić information content (AvgIpc) is 2.22. The van der Waals surface area contributed by atoms with Crippen molar-refractivity contribution < 1.29 is 4.79 Å². The Labute approximate surface area is 122 Å². The molecule has 0 bridgehead atoms. The van der Waals surface area contributed by atoms with Crippen molar-refractivity contribution in [2.45, 2.75) is 76.1 Å². The lowest BCUT2D eigenvalue weighted by Crippen LogP contribution is -2.38. The van der Waals surface area contributed by atoms with Crippen molar-refractivity contribution in [3.8, 4) is 0 Å². The molecular weight excluding hydrogens is 339 g/mol. The first kappa shape index (κ1) is 17.6. The lowest BCUT2D eigenvalue weighted by molar-refractivity contribution is -0.118. The smallest absolute Gasteiger partial charge is 0.145 e. The minimum Gasteiger partial charge on any atom is -0.299 e. The van der Waals surface area contributed by atoms with Gasteiger partial charge in [-0.25, -0.2) is 0 Å². The second kappa shape index (κ2) is 6.69. The van der Waals surface area contributed by atoms with E-state index in [1.165, 1.54) is 12.5 Å². The second-order valence-electron chi connectivity index (χ2n) is 7.05. The molecule has 0 rings (SSSR count). The van der Waals surface area contributed by atoms with Crippen LogP contribution in [0.25, 0.3) is 0 Å². The van der Waals surface area contributed by atoms with Gasteiger partial charge in [-0.3, -0.25) is 4.79 Å². The molecule has 0 amide bonds. The molecule has 17 heavy (non-hydrogen) atoms. The Kier molecular flexibility index (Phi) is 6.93. The highest BCUT2D eigenvalue weighted by atomic mass is 127. The van der Waals surface area contributed by atoms with Crippen molar-refractivity contribution >= 4 is 36.4 Å². The van der Waals surface area contributed by atoms with Gasteiger partial charge in [-0.05, 0) is 11.8 Å². The zero-order valence-electron chi connectivity index (χ0n) is 12.6. The molecule has 0 aliphatic heterocycles. The van der Waals surface area contributed by atoms with Gasteiger partial charge >= 0.3 is 0 Å². The van der Waals surface area contributed by atoms with E-state index < -0.39 is 8.07 Å². The molecule has 1 nitrogen and oxygen atoms in total. The van der Waals surface area contributed by atoms with E-state index in [1.54, 1.807) is 0 Å². The highest BCUT2D eigenvalue weighted by Crippen LogP contribution is 2.34. The van der Waals surface area contributed by atoms with Crippen LogP contribution >= 0.6 is 22.6 Å². The summed E-state index contributed by atoms with van der Waals surface area (Å²) < 4.78 is 0.212. The Balaban J connectivity index is 4.54. The molecule has 102 valence electrons. The number of hydrogen-bond acceptors (Lipinski definition) is 1. The molecule has 3 heteroatoms.